The zero-order valence-electron chi connectivity index (χ0n) is 10.2. The van der Waals surface area contributed by atoms with E-state index < -0.39 is 5.60 Å². The number of benzene rings is 1. The minimum absolute atomic E-state index is 0.378. The number of nitrogens with one attached hydrogen (secondary N) is 1. The second-order valence-electron chi connectivity index (χ2n) is 5.06. The number of aliphatic hydroxyl groups is 1. The van der Waals surface area contributed by atoms with Gasteiger partial charge in [-0.25, -0.2) is 0 Å². The molecule has 2 nitrogen and oxygen atoms in total. The highest BCUT2D eigenvalue weighted by molar-refractivity contribution is 5.23. The molecule has 0 aromatic heterocycles. The molecule has 1 heterocycles. The van der Waals surface area contributed by atoms with E-state index in [-0.39, 0.29) is 0 Å². The molecule has 0 saturated carbocycles. The standard InChI is InChI=1S/C14H21NO/c1-3-12-11-15(2)10-9-14(12,16)13-7-5-4-6-8-13/h4-8,12,16H,3,9-11H2,1-2H3/p+1/t12-,14-/m1/s1. The average Bonchev–Trinajstić information content (AvgIpc) is 2.33. The Kier molecular flexibility index (Phi) is 3.31. The van der Waals surface area contributed by atoms with E-state index in [0.717, 1.165) is 31.5 Å². The Bertz CT molecular complexity index is 338. The molecule has 0 amide bonds. The quantitative estimate of drug-likeness (QED) is 0.758. The average molecular weight is 220 g/mol. The third-order valence-corrected chi connectivity index (χ3v) is 3.97. The molecule has 0 aliphatic carbocycles. The van der Waals surface area contributed by atoms with Crippen LogP contribution in [-0.4, -0.2) is 25.2 Å². The van der Waals surface area contributed by atoms with Gasteiger partial charge in [0.25, 0.3) is 0 Å². The van der Waals surface area contributed by atoms with Crippen LogP contribution in [0.25, 0.3) is 0 Å². The van der Waals surface area contributed by atoms with E-state index in [1.807, 2.05) is 18.2 Å². The second-order valence-corrected chi connectivity index (χ2v) is 5.06. The van der Waals surface area contributed by atoms with Gasteiger partial charge in [0.1, 0.15) is 5.60 Å². The van der Waals surface area contributed by atoms with Gasteiger partial charge in [-0.15, -0.1) is 0 Å². The molecule has 2 heteroatoms. The lowest BCUT2D eigenvalue weighted by Crippen LogP contribution is -3.11. The summed E-state index contributed by atoms with van der Waals surface area (Å²) in [5.41, 5.74) is 0.490. The predicted molar refractivity (Wildman–Crippen MR) is 65.4 cm³/mol. The maximum absolute atomic E-state index is 10.9. The molecular weight excluding hydrogens is 198 g/mol. The van der Waals surface area contributed by atoms with Crippen LogP contribution < -0.4 is 4.90 Å². The molecule has 1 aliphatic rings. The summed E-state index contributed by atoms with van der Waals surface area (Å²) < 4.78 is 0. The van der Waals surface area contributed by atoms with Gasteiger partial charge in [-0.3, -0.25) is 0 Å². The normalized spacial score (nSPS) is 34.9. The van der Waals surface area contributed by atoms with Crippen LogP contribution in [0, 0.1) is 5.92 Å². The zero-order chi connectivity index (χ0) is 11.6. The van der Waals surface area contributed by atoms with Crippen LogP contribution in [-0.2, 0) is 5.60 Å². The summed E-state index contributed by atoms with van der Waals surface area (Å²) >= 11 is 0. The highest BCUT2D eigenvalue weighted by atomic mass is 16.3. The third kappa shape index (κ3) is 2.00. The van der Waals surface area contributed by atoms with Crippen molar-refractivity contribution in [1.82, 2.24) is 0 Å². The van der Waals surface area contributed by atoms with Gasteiger partial charge in [-0.2, -0.15) is 0 Å². The number of likely N-dealkylation sites (tertiary alicyclic amines) is 1. The molecule has 2 N–H and O–H groups in total. The van der Waals surface area contributed by atoms with Gasteiger partial charge < -0.3 is 10.0 Å². The van der Waals surface area contributed by atoms with Gasteiger partial charge in [0.05, 0.1) is 20.1 Å². The largest absolute Gasteiger partial charge is 0.384 e. The van der Waals surface area contributed by atoms with Crippen molar-refractivity contribution < 1.29 is 10.0 Å². The summed E-state index contributed by atoms with van der Waals surface area (Å²) in [4.78, 5) is 1.53. The number of quaternary nitrogens is 1. The van der Waals surface area contributed by atoms with E-state index in [2.05, 4.69) is 26.1 Å². The van der Waals surface area contributed by atoms with Crippen molar-refractivity contribution in [2.24, 2.45) is 5.92 Å². The van der Waals surface area contributed by atoms with Crippen molar-refractivity contribution in [3.8, 4) is 0 Å². The molecule has 3 atom stereocenters. The minimum atomic E-state index is -0.602. The van der Waals surface area contributed by atoms with Gasteiger partial charge >= 0.3 is 0 Å². The van der Waals surface area contributed by atoms with E-state index in [0.29, 0.717) is 5.92 Å². The molecule has 0 radical (unpaired) electrons. The molecule has 1 aromatic rings. The second kappa shape index (κ2) is 4.56. The van der Waals surface area contributed by atoms with Gasteiger partial charge in [0, 0.05) is 12.3 Å². The molecule has 88 valence electrons. The molecule has 0 bridgehead atoms. The van der Waals surface area contributed by atoms with E-state index in [4.69, 9.17) is 0 Å². The Morgan fingerprint density at radius 1 is 1.38 bits per heavy atom. The monoisotopic (exact) mass is 220 g/mol. The van der Waals surface area contributed by atoms with Gasteiger partial charge in [0.2, 0.25) is 0 Å². The lowest BCUT2D eigenvalue weighted by molar-refractivity contribution is -0.892. The molecular formula is C14H22NO+. The van der Waals surface area contributed by atoms with Crippen molar-refractivity contribution in [2.75, 3.05) is 20.1 Å². The number of rotatable bonds is 2. The summed E-state index contributed by atoms with van der Waals surface area (Å²) in [6, 6.07) is 10.2. The maximum atomic E-state index is 10.9. The summed E-state index contributed by atoms with van der Waals surface area (Å²) in [5, 5.41) is 10.9. The van der Waals surface area contributed by atoms with Crippen molar-refractivity contribution in [2.45, 2.75) is 25.4 Å². The smallest absolute Gasteiger partial charge is 0.103 e. The van der Waals surface area contributed by atoms with E-state index in [1.54, 1.807) is 0 Å². The van der Waals surface area contributed by atoms with Crippen LogP contribution in [0.4, 0.5) is 0 Å². The SMILES string of the molecule is CC[C@@H]1C[NH+](C)CC[C@]1(O)c1ccccc1. The van der Waals surface area contributed by atoms with Crippen LogP contribution in [0.3, 0.4) is 0 Å². The number of hydrogen-bond acceptors (Lipinski definition) is 1. The van der Waals surface area contributed by atoms with Crippen molar-refractivity contribution >= 4 is 0 Å². The first-order chi connectivity index (χ1) is 7.66. The number of piperidine rings is 1. The highest BCUT2D eigenvalue weighted by Crippen LogP contribution is 2.35. The molecule has 1 saturated heterocycles. The Hall–Kier alpha value is -0.860. The van der Waals surface area contributed by atoms with Crippen LogP contribution in [0.2, 0.25) is 0 Å². The fourth-order valence-corrected chi connectivity index (χ4v) is 2.89. The van der Waals surface area contributed by atoms with Crippen LogP contribution in [0.1, 0.15) is 25.3 Å². The minimum Gasteiger partial charge on any atom is -0.384 e. The van der Waals surface area contributed by atoms with Crippen LogP contribution in [0.15, 0.2) is 30.3 Å². The van der Waals surface area contributed by atoms with Crippen molar-refractivity contribution in [3.63, 3.8) is 0 Å². The number of hydrogen-bond donors (Lipinski definition) is 2. The van der Waals surface area contributed by atoms with Gasteiger partial charge in [-0.1, -0.05) is 37.3 Å². The van der Waals surface area contributed by atoms with E-state index >= 15 is 0 Å². The summed E-state index contributed by atoms with van der Waals surface area (Å²) in [7, 11) is 2.22. The topological polar surface area (TPSA) is 24.7 Å². The van der Waals surface area contributed by atoms with Gasteiger partial charge in [-0.05, 0) is 12.0 Å². The van der Waals surface area contributed by atoms with E-state index in [1.165, 1.54) is 4.90 Å². The molecule has 1 aromatic carbocycles. The summed E-state index contributed by atoms with van der Waals surface area (Å²) in [5.74, 6) is 0.378. The van der Waals surface area contributed by atoms with Crippen molar-refractivity contribution in [1.29, 1.82) is 0 Å². The Morgan fingerprint density at radius 3 is 2.69 bits per heavy atom. The Labute approximate surface area is 97.9 Å². The fraction of sp³-hybridized carbons (Fsp3) is 0.571. The lowest BCUT2D eigenvalue weighted by Gasteiger charge is -2.41. The Balaban J connectivity index is 2.29. The summed E-state index contributed by atoms with van der Waals surface area (Å²) in [6.07, 6.45) is 1.92. The van der Waals surface area contributed by atoms with E-state index in [9.17, 15) is 5.11 Å². The predicted octanol–water partition coefficient (Wildman–Crippen LogP) is 0.819. The molecule has 16 heavy (non-hydrogen) atoms. The molecule has 2 rings (SSSR count). The van der Waals surface area contributed by atoms with Crippen LogP contribution >= 0.6 is 0 Å². The maximum Gasteiger partial charge on any atom is 0.103 e. The van der Waals surface area contributed by atoms with Gasteiger partial charge in [0.15, 0.2) is 0 Å². The van der Waals surface area contributed by atoms with Crippen LogP contribution in [0.5, 0.6) is 0 Å². The molecule has 1 aliphatic heterocycles. The first kappa shape index (κ1) is 11.6. The molecule has 0 spiro atoms. The fourth-order valence-electron chi connectivity index (χ4n) is 2.89. The Morgan fingerprint density at radius 2 is 2.06 bits per heavy atom. The third-order valence-electron chi connectivity index (χ3n) is 3.97. The van der Waals surface area contributed by atoms with Crippen molar-refractivity contribution in [3.05, 3.63) is 35.9 Å². The first-order valence-electron chi connectivity index (χ1n) is 6.26. The highest BCUT2D eigenvalue weighted by Gasteiger charge is 2.42. The molecule has 1 unspecified atom stereocenters. The first-order valence-corrected chi connectivity index (χ1v) is 6.26. The lowest BCUT2D eigenvalue weighted by atomic mass is 9.75. The zero-order valence-corrected chi connectivity index (χ0v) is 10.2. The summed E-state index contributed by atoms with van der Waals surface area (Å²) in [6.45, 7) is 4.31. The molecule has 1 fully saturated rings.